The van der Waals surface area contributed by atoms with Crippen molar-refractivity contribution in [3.8, 4) is 23.6 Å². The monoisotopic (exact) mass is 332 g/mol. The van der Waals surface area contributed by atoms with Crippen molar-refractivity contribution in [3.63, 3.8) is 0 Å². The lowest BCUT2D eigenvalue weighted by atomic mass is 9.93. The van der Waals surface area contributed by atoms with Crippen molar-refractivity contribution in [3.05, 3.63) is 58.1 Å². The SMILES string of the molecule is N#Cc1c(O)cc(O)c(C#N)c1Cc1ccc(CC(F)(F)F)cc1. The Morgan fingerprint density at radius 2 is 1.33 bits per heavy atom. The number of hydrogen-bond acceptors (Lipinski definition) is 4. The number of phenolic OH excluding ortho intramolecular Hbond substituents is 2. The number of nitrogens with zero attached hydrogens (tertiary/aromatic N) is 2. The highest BCUT2D eigenvalue weighted by molar-refractivity contribution is 5.62. The average Bonchev–Trinajstić information content (AvgIpc) is 2.48. The van der Waals surface area contributed by atoms with Crippen LogP contribution in [0.15, 0.2) is 30.3 Å². The van der Waals surface area contributed by atoms with Crippen LogP contribution in [0, 0.1) is 22.7 Å². The molecule has 2 rings (SSSR count). The molecule has 0 unspecified atom stereocenters. The van der Waals surface area contributed by atoms with Crippen molar-refractivity contribution >= 4 is 0 Å². The molecule has 2 aromatic rings. The maximum atomic E-state index is 12.3. The first-order chi connectivity index (χ1) is 11.2. The second-order valence-corrected chi connectivity index (χ2v) is 5.15. The Hall–Kier alpha value is -3.19. The molecule has 122 valence electrons. The van der Waals surface area contributed by atoms with Gasteiger partial charge in [-0.15, -0.1) is 0 Å². The second-order valence-electron chi connectivity index (χ2n) is 5.15. The zero-order valence-corrected chi connectivity index (χ0v) is 12.2. The molecule has 0 aliphatic rings. The molecule has 0 saturated carbocycles. The van der Waals surface area contributed by atoms with Gasteiger partial charge in [0.15, 0.2) is 0 Å². The van der Waals surface area contributed by atoms with Gasteiger partial charge in [0.2, 0.25) is 0 Å². The predicted molar refractivity (Wildman–Crippen MR) is 78.2 cm³/mol. The highest BCUT2D eigenvalue weighted by Crippen LogP contribution is 2.33. The van der Waals surface area contributed by atoms with Crippen molar-refractivity contribution in [1.29, 1.82) is 10.5 Å². The van der Waals surface area contributed by atoms with E-state index < -0.39 is 24.1 Å². The van der Waals surface area contributed by atoms with E-state index in [2.05, 4.69) is 0 Å². The molecule has 0 radical (unpaired) electrons. The largest absolute Gasteiger partial charge is 0.506 e. The van der Waals surface area contributed by atoms with Crippen molar-refractivity contribution in [1.82, 2.24) is 0 Å². The minimum atomic E-state index is -4.31. The van der Waals surface area contributed by atoms with Gasteiger partial charge in [0.05, 0.1) is 17.5 Å². The summed E-state index contributed by atoms with van der Waals surface area (Å²) in [6, 6.07) is 9.96. The number of nitriles is 2. The van der Waals surface area contributed by atoms with Gasteiger partial charge in [-0.1, -0.05) is 24.3 Å². The fourth-order valence-corrected chi connectivity index (χ4v) is 2.34. The van der Waals surface area contributed by atoms with Crippen LogP contribution in [-0.4, -0.2) is 16.4 Å². The predicted octanol–water partition coefficient (Wildman–Crippen LogP) is 3.54. The summed E-state index contributed by atoms with van der Waals surface area (Å²) in [5.41, 5.74) is 0.457. The van der Waals surface area contributed by atoms with Crippen LogP contribution in [0.5, 0.6) is 11.5 Å². The number of aromatic hydroxyl groups is 2. The topological polar surface area (TPSA) is 88.0 Å². The maximum Gasteiger partial charge on any atom is 0.393 e. The van der Waals surface area contributed by atoms with Crippen molar-refractivity contribution in [2.75, 3.05) is 0 Å². The lowest BCUT2D eigenvalue weighted by Gasteiger charge is -2.11. The molecule has 0 bridgehead atoms. The lowest BCUT2D eigenvalue weighted by Crippen LogP contribution is -2.11. The molecule has 7 heteroatoms. The van der Waals surface area contributed by atoms with Crippen molar-refractivity contribution in [2.45, 2.75) is 19.0 Å². The number of alkyl halides is 3. The summed E-state index contributed by atoms with van der Waals surface area (Å²) >= 11 is 0. The van der Waals surface area contributed by atoms with E-state index in [9.17, 15) is 23.4 Å². The standard InChI is InChI=1S/C17H11F3N2O2/c18-17(19,20)7-11-3-1-10(2-4-11)5-12-13(8-21)15(23)6-16(24)14(12)9-22/h1-4,6,23-24H,5,7H2. The van der Waals surface area contributed by atoms with Crippen LogP contribution in [0.25, 0.3) is 0 Å². The molecular weight excluding hydrogens is 321 g/mol. The minimum absolute atomic E-state index is 0.0139. The van der Waals surface area contributed by atoms with Gasteiger partial charge in [0.1, 0.15) is 23.6 Å². The highest BCUT2D eigenvalue weighted by atomic mass is 19.4. The van der Waals surface area contributed by atoms with E-state index in [1.54, 1.807) is 12.1 Å². The molecule has 0 aliphatic carbocycles. The fraction of sp³-hybridized carbons (Fsp3) is 0.176. The summed E-state index contributed by atoms with van der Waals surface area (Å²) in [4.78, 5) is 0. The van der Waals surface area contributed by atoms with Gasteiger partial charge in [-0.3, -0.25) is 0 Å². The molecule has 0 amide bonds. The molecule has 0 spiro atoms. The van der Waals surface area contributed by atoms with Crippen LogP contribution < -0.4 is 0 Å². The summed E-state index contributed by atoms with van der Waals surface area (Å²) in [7, 11) is 0. The Bertz CT molecular complexity index is 806. The quantitative estimate of drug-likeness (QED) is 0.900. The van der Waals surface area contributed by atoms with Crippen LogP contribution in [0.4, 0.5) is 13.2 Å². The van der Waals surface area contributed by atoms with Crippen LogP contribution in [-0.2, 0) is 12.8 Å². The molecule has 0 fully saturated rings. The lowest BCUT2D eigenvalue weighted by molar-refractivity contribution is -0.127. The first kappa shape index (κ1) is 17.2. The molecule has 0 saturated heterocycles. The van der Waals surface area contributed by atoms with E-state index >= 15 is 0 Å². The van der Waals surface area contributed by atoms with Gasteiger partial charge < -0.3 is 10.2 Å². The third kappa shape index (κ3) is 3.76. The zero-order chi connectivity index (χ0) is 17.9. The number of benzene rings is 2. The third-order valence-corrected chi connectivity index (χ3v) is 3.42. The van der Waals surface area contributed by atoms with E-state index in [-0.39, 0.29) is 28.7 Å². The molecule has 0 atom stereocenters. The van der Waals surface area contributed by atoms with E-state index in [1.807, 2.05) is 0 Å². The van der Waals surface area contributed by atoms with Gasteiger partial charge in [0, 0.05) is 12.5 Å². The van der Waals surface area contributed by atoms with Gasteiger partial charge in [-0.25, -0.2) is 0 Å². The van der Waals surface area contributed by atoms with Crippen LogP contribution >= 0.6 is 0 Å². The Morgan fingerprint density at radius 3 is 1.75 bits per heavy atom. The molecule has 0 aromatic heterocycles. The zero-order valence-electron chi connectivity index (χ0n) is 12.2. The molecule has 4 nitrogen and oxygen atoms in total. The number of halogens is 3. The first-order valence-corrected chi connectivity index (χ1v) is 6.77. The molecule has 2 aromatic carbocycles. The van der Waals surface area contributed by atoms with E-state index in [0.29, 0.717) is 5.56 Å². The van der Waals surface area contributed by atoms with Crippen LogP contribution in [0.3, 0.4) is 0 Å². The number of phenols is 2. The average molecular weight is 332 g/mol. The highest BCUT2D eigenvalue weighted by Gasteiger charge is 2.27. The van der Waals surface area contributed by atoms with E-state index in [0.717, 1.165) is 6.07 Å². The fourth-order valence-electron chi connectivity index (χ4n) is 2.34. The smallest absolute Gasteiger partial charge is 0.393 e. The Kier molecular flexibility index (Phi) is 4.66. The molecule has 2 N–H and O–H groups in total. The van der Waals surface area contributed by atoms with Crippen molar-refractivity contribution in [2.24, 2.45) is 0 Å². The summed E-state index contributed by atoms with van der Waals surface area (Å²) in [6.07, 6.45) is -5.34. The van der Waals surface area contributed by atoms with Gasteiger partial charge in [-0.05, 0) is 16.7 Å². The van der Waals surface area contributed by atoms with Crippen LogP contribution in [0.1, 0.15) is 27.8 Å². The summed E-state index contributed by atoms with van der Waals surface area (Å²) < 4.78 is 37.0. The molecular formula is C17H11F3N2O2. The number of hydrogen-bond donors (Lipinski definition) is 2. The van der Waals surface area contributed by atoms with Crippen molar-refractivity contribution < 1.29 is 23.4 Å². The minimum Gasteiger partial charge on any atom is -0.506 e. The third-order valence-electron chi connectivity index (χ3n) is 3.42. The Balaban J connectivity index is 2.39. The Labute approximate surface area is 135 Å². The summed E-state index contributed by atoms with van der Waals surface area (Å²) in [5.74, 6) is -0.921. The van der Waals surface area contributed by atoms with Crippen LogP contribution in [0.2, 0.25) is 0 Å². The molecule has 0 aliphatic heterocycles. The van der Waals surface area contributed by atoms with Gasteiger partial charge >= 0.3 is 6.18 Å². The van der Waals surface area contributed by atoms with Gasteiger partial charge in [-0.2, -0.15) is 23.7 Å². The Morgan fingerprint density at radius 1 is 0.875 bits per heavy atom. The first-order valence-electron chi connectivity index (χ1n) is 6.77. The maximum absolute atomic E-state index is 12.3. The molecule has 24 heavy (non-hydrogen) atoms. The van der Waals surface area contributed by atoms with Gasteiger partial charge in [0.25, 0.3) is 0 Å². The molecule has 0 heterocycles. The summed E-state index contributed by atoms with van der Waals surface area (Å²) in [5, 5.41) is 37.7. The second kappa shape index (κ2) is 6.51. The van der Waals surface area contributed by atoms with E-state index in [1.165, 1.54) is 24.3 Å². The van der Waals surface area contributed by atoms with E-state index in [4.69, 9.17) is 10.5 Å². The normalized spacial score (nSPS) is 10.9. The summed E-state index contributed by atoms with van der Waals surface area (Å²) in [6.45, 7) is 0. The number of rotatable bonds is 3.